The molecule has 0 N–H and O–H groups in total. The molecular formula is C16H14N4OS. The summed E-state index contributed by atoms with van der Waals surface area (Å²) in [5, 5.41) is 9.73. The van der Waals surface area contributed by atoms with Crippen molar-refractivity contribution in [1.29, 1.82) is 5.26 Å². The third-order valence-electron chi connectivity index (χ3n) is 4.37. The van der Waals surface area contributed by atoms with Crippen LogP contribution in [0, 0.1) is 23.3 Å². The summed E-state index contributed by atoms with van der Waals surface area (Å²) in [5.41, 5.74) is 1.12. The van der Waals surface area contributed by atoms with Gasteiger partial charge in [0.1, 0.15) is 0 Å². The summed E-state index contributed by atoms with van der Waals surface area (Å²) >= 11 is 1.55. The predicted octanol–water partition coefficient (Wildman–Crippen LogP) is 2.19. The summed E-state index contributed by atoms with van der Waals surface area (Å²) in [6, 6.07) is 10.1. The Labute approximate surface area is 132 Å². The molecule has 5 nitrogen and oxygen atoms in total. The topological polar surface area (TPSA) is 60.2 Å². The first kappa shape index (κ1) is 13.3. The van der Waals surface area contributed by atoms with Crippen LogP contribution in [-0.2, 0) is 4.79 Å². The number of thiazole rings is 1. The summed E-state index contributed by atoms with van der Waals surface area (Å²) in [4.78, 5) is 21.5. The fraction of sp³-hybridized carbons (Fsp3) is 0.312. The number of benzene rings is 1. The molecule has 0 bridgehead atoms. The Bertz CT molecular complexity index is 751. The van der Waals surface area contributed by atoms with Crippen LogP contribution >= 0.6 is 11.3 Å². The normalized spacial score (nSPS) is 23.7. The lowest BCUT2D eigenvalue weighted by Gasteiger charge is -2.16. The molecule has 110 valence electrons. The Hall–Kier alpha value is -2.39. The fourth-order valence-corrected chi connectivity index (χ4v) is 4.18. The average Bonchev–Trinajstić information content (AvgIpc) is 3.24. The molecule has 6 heteroatoms. The number of aromatic nitrogens is 1. The van der Waals surface area contributed by atoms with E-state index in [-0.39, 0.29) is 17.7 Å². The minimum Gasteiger partial charge on any atom is -0.309 e. The predicted molar refractivity (Wildman–Crippen MR) is 84.1 cm³/mol. The lowest BCUT2D eigenvalue weighted by Crippen LogP contribution is -2.31. The van der Waals surface area contributed by atoms with Crippen molar-refractivity contribution in [2.45, 2.75) is 0 Å². The minimum atomic E-state index is -0.0521. The number of nitriles is 1. The number of rotatable bonds is 2. The average molecular weight is 310 g/mol. The van der Waals surface area contributed by atoms with Gasteiger partial charge >= 0.3 is 0 Å². The highest BCUT2D eigenvalue weighted by Gasteiger charge is 2.47. The van der Waals surface area contributed by atoms with Gasteiger partial charge < -0.3 is 4.90 Å². The summed E-state index contributed by atoms with van der Waals surface area (Å²) in [6.45, 7) is 1.90. The Morgan fingerprint density at radius 1 is 1.23 bits per heavy atom. The van der Waals surface area contributed by atoms with E-state index in [2.05, 4.69) is 11.2 Å². The van der Waals surface area contributed by atoms with Gasteiger partial charge in [-0.05, 0) is 5.56 Å². The van der Waals surface area contributed by atoms with Gasteiger partial charge in [-0.3, -0.25) is 9.69 Å². The van der Waals surface area contributed by atoms with E-state index in [1.165, 1.54) is 0 Å². The Morgan fingerprint density at radius 3 is 2.77 bits per heavy atom. The smallest absolute Gasteiger partial charge is 0.234 e. The number of amides is 1. The third-order valence-corrected chi connectivity index (χ3v) is 5.43. The second kappa shape index (κ2) is 5.11. The Morgan fingerprint density at radius 2 is 2.05 bits per heavy atom. The van der Waals surface area contributed by atoms with E-state index >= 15 is 0 Å². The fourth-order valence-electron chi connectivity index (χ4n) is 3.24. The van der Waals surface area contributed by atoms with Gasteiger partial charge in [-0.1, -0.05) is 41.7 Å². The van der Waals surface area contributed by atoms with Crippen LogP contribution in [0.2, 0.25) is 0 Å². The van der Waals surface area contributed by atoms with Gasteiger partial charge in [0, 0.05) is 31.7 Å². The number of carbonyl (C=O) groups excluding carboxylic acids is 1. The molecule has 2 aromatic rings. The summed E-state index contributed by atoms with van der Waals surface area (Å²) in [6.07, 6.45) is 3.97. The molecule has 3 heterocycles. The molecule has 0 radical (unpaired) electrons. The van der Waals surface area contributed by atoms with Crippen LogP contribution in [-0.4, -0.2) is 35.4 Å². The monoisotopic (exact) mass is 310 g/mol. The van der Waals surface area contributed by atoms with Crippen LogP contribution in [0.4, 0.5) is 5.13 Å². The van der Waals surface area contributed by atoms with E-state index in [4.69, 9.17) is 5.26 Å². The molecular weight excluding hydrogens is 296 g/mol. The number of likely N-dealkylation sites (tertiary alicyclic amines) is 1. The van der Waals surface area contributed by atoms with E-state index in [0.29, 0.717) is 19.6 Å². The molecule has 1 aromatic heterocycles. The summed E-state index contributed by atoms with van der Waals surface area (Å²) in [5.74, 6) is 0.302. The van der Waals surface area contributed by atoms with Crippen molar-refractivity contribution in [3.63, 3.8) is 0 Å². The molecule has 4 rings (SSSR count). The SMILES string of the molecule is N#CN1CC2CN(c3ncc(-c4ccccc4)s3)C(=O)[C@H]2C1. The molecule has 22 heavy (non-hydrogen) atoms. The quantitative estimate of drug-likeness (QED) is 0.798. The van der Waals surface area contributed by atoms with E-state index in [9.17, 15) is 4.79 Å². The van der Waals surface area contributed by atoms with Gasteiger partial charge in [0.2, 0.25) is 5.91 Å². The van der Waals surface area contributed by atoms with Gasteiger partial charge in [-0.15, -0.1) is 0 Å². The van der Waals surface area contributed by atoms with Gasteiger partial charge in [0.05, 0.1) is 10.8 Å². The maximum atomic E-state index is 12.6. The van der Waals surface area contributed by atoms with Crippen molar-refractivity contribution in [3.8, 4) is 16.6 Å². The number of nitrogens with zero attached hydrogens (tertiary/aromatic N) is 4. The standard InChI is InChI=1S/C16H14N4OS/c17-10-19-7-12-8-20(15(21)13(12)9-19)16-18-6-14(22-16)11-4-2-1-3-5-11/h1-6,12-13H,7-9H2/t12?,13-/m0/s1. The van der Waals surface area contributed by atoms with Crippen LogP contribution in [0.15, 0.2) is 36.5 Å². The lowest BCUT2D eigenvalue weighted by molar-refractivity contribution is -0.120. The number of anilines is 1. The van der Waals surface area contributed by atoms with Crippen LogP contribution < -0.4 is 4.90 Å². The first-order valence-corrected chi connectivity index (χ1v) is 8.05. The van der Waals surface area contributed by atoms with E-state index in [1.54, 1.807) is 21.1 Å². The van der Waals surface area contributed by atoms with Crippen LogP contribution in [0.5, 0.6) is 0 Å². The number of fused-ring (bicyclic) bond motifs is 1. The van der Waals surface area contributed by atoms with Crippen molar-refractivity contribution in [2.24, 2.45) is 11.8 Å². The van der Waals surface area contributed by atoms with Crippen LogP contribution in [0.3, 0.4) is 0 Å². The molecule has 2 fully saturated rings. The van der Waals surface area contributed by atoms with E-state index < -0.39 is 0 Å². The van der Waals surface area contributed by atoms with Crippen molar-refractivity contribution in [1.82, 2.24) is 9.88 Å². The van der Waals surface area contributed by atoms with Crippen molar-refractivity contribution in [3.05, 3.63) is 36.5 Å². The number of hydrogen-bond donors (Lipinski definition) is 0. The molecule has 0 saturated carbocycles. The molecule has 1 unspecified atom stereocenters. The first-order valence-electron chi connectivity index (χ1n) is 7.23. The number of carbonyl (C=O) groups is 1. The minimum absolute atomic E-state index is 0.0521. The maximum absolute atomic E-state index is 12.6. The van der Waals surface area contributed by atoms with Gasteiger partial charge in [-0.25, -0.2) is 4.98 Å². The zero-order valence-electron chi connectivity index (χ0n) is 11.8. The molecule has 0 aliphatic carbocycles. The third kappa shape index (κ3) is 2.06. The summed E-state index contributed by atoms with van der Waals surface area (Å²) < 4.78 is 0. The molecule has 1 aromatic carbocycles. The van der Waals surface area contributed by atoms with Crippen molar-refractivity contribution in [2.75, 3.05) is 24.5 Å². The van der Waals surface area contributed by atoms with Crippen molar-refractivity contribution >= 4 is 22.4 Å². The molecule has 2 saturated heterocycles. The molecule has 2 aliphatic rings. The molecule has 2 atom stereocenters. The highest BCUT2D eigenvalue weighted by Crippen LogP contribution is 2.38. The number of hydrogen-bond acceptors (Lipinski definition) is 5. The van der Waals surface area contributed by atoms with Crippen LogP contribution in [0.25, 0.3) is 10.4 Å². The largest absolute Gasteiger partial charge is 0.309 e. The lowest BCUT2D eigenvalue weighted by atomic mass is 10.0. The van der Waals surface area contributed by atoms with E-state index in [1.807, 2.05) is 36.5 Å². The molecule has 1 amide bonds. The van der Waals surface area contributed by atoms with E-state index in [0.717, 1.165) is 15.6 Å². The first-order chi connectivity index (χ1) is 10.8. The Balaban J connectivity index is 1.56. The van der Waals surface area contributed by atoms with Crippen molar-refractivity contribution < 1.29 is 4.79 Å². The molecule has 2 aliphatic heterocycles. The van der Waals surface area contributed by atoms with Gasteiger partial charge in [0.25, 0.3) is 0 Å². The maximum Gasteiger partial charge on any atom is 0.234 e. The molecule has 0 spiro atoms. The second-order valence-corrected chi connectivity index (χ2v) is 6.70. The zero-order chi connectivity index (χ0) is 15.1. The zero-order valence-corrected chi connectivity index (χ0v) is 12.7. The van der Waals surface area contributed by atoms with Gasteiger partial charge in [-0.2, -0.15) is 5.26 Å². The second-order valence-electron chi connectivity index (χ2n) is 5.69. The van der Waals surface area contributed by atoms with Gasteiger partial charge in [0.15, 0.2) is 11.3 Å². The summed E-state index contributed by atoms with van der Waals surface area (Å²) in [7, 11) is 0. The highest BCUT2D eigenvalue weighted by molar-refractivity contribution is 7.19. The Kier molecular flexibility index (Phi) is 3.09. The van der Waals surface area contributed by atoms with Crippen LogP contribution in [0.1, 0.15) is 0 Å². The highest BCUT2D eigenvalue weighted by atomic mass is 32.1.